The smallest absolute Gasteiger partial charge is 0.254 e. The van der Waals surface area contributed by atoms with Crippen LogP contribution in [0.1, 0.15) is 0 Å². The quantitative estimate of drug-likeness (QED) is 0.663. The standard InChI is InChI=1S/C6H5N3OS2/c10-4-3-8-5(11)9(4)6-7-1-2-12-6/h1-2H,3H2,(H,8,11). The van der Waals surface area contributed by atoms with E-state index in [1.165, 1.54) is 16.2 Å². The molecule has 0 bridgehead atoms. The SMILES string of the molecule is O=C1CNC(=S)N1c1nccs1. The number of carbonyl (C=O) groups excluding carboxylic acids is 1. The molecule has 2 heterocycles. The van der Waals surface area contributed by atoms with E-state index < -0.39 is 0 Å². The summed E-state index contributed by atoms with van der Waals surface area (Å²) in [6.07, 6.45) is 1.65. The zero-order valence-corrected chi connectivity index (χ0v) is 7.61. The van der Waals surface area contributed by atoms with E-state index in [1.54, 1.807) is 6.20 Å². The van der Waals surface area contributed by atoms with Gasteiger partial charge in [0.05, 0.1) is 6.54 Å². The van der Waals surface area contributed by atoms with Gasteiger partial charge in [0, 0.05) is 11.6 Å². The molecule has 0 spiro atoms. The van der Waals surface area contributed by atoms with Crippen molar-refractivity contribution in [3.05, 3.63) is 11.6 Å². The summed E-state index contributed by atoms with van der Waals surface area (Å²) >= 11 is 6.32. The minimum atomic E-state index is -0.0463. The molecule has 4 nitrogen and oxygen atoms in total. The van der Waals surface area contributed by atoms with Gasteiger partial charge in [-0.3, -0.25) is 4.79 Å². The molecule has 6 heteroatoms. The Kier molecular flexibility index (Phi) is 1.78. The Morgan fingerprint density at radius 3 is 3.08 bits per heavy atom. The van der Waals surface area contributed by atoms with Crippen molar-refractivity contribution in [2.24, 2.45) is 0 Å². The molecular formula is C6H5N3OS2. The highest BCUT2D eigenvalue weighted by Gasteiger charge is 2.28. The predicted molar refractivity (Wildman–Crippen MR) is 50.2 cm³/mol. The Bertz CT molecular complexity index is 306. The van der Waals surface area contributed by atoms with Crippen LogP contribution in [0.2, 0.25) is 0 Å². The molecule has 1 fully saturated rings. The fraction of sp³-hybridized carbons (Fsp3) is 0.167. The molecule has 0 saturated carbocycles. The first-order chi connectivity index (χ1) is 5.79. The first kappa shape index (κ1) is 7.63. The minimum absolute atomic E-state index is 0.0463. The maximum absolute atomic E-state index is 11.2. The van der Waals surface area contributed by atoms with Crippen LogP contribution in [0.15, 0.2) is 11.6 Å². The van der Waals surface area contributed by atoms with Gasteiger partial charge < -0.3 is 5.32 Å². The largest absolute Gasteiger partial charge is 0.353 e. The van der Waals surface area contributed by atoms with Crippen LogP contribution in [0, 0.1) is 0 Å². The van der Waals surface area contributed by atoms with Crippen LogP contribution in [0.25, 0.3) is 0 Å². The maximum atomic E-state index is 11.2. The van der Waals surface area contributed by atoms with E-state index in [0.29, 0.717) is 10.2 Å². The molecule has 62 valence electrons. The van der Waals surface area contributed by atoms with Crippen LogP contribution in [0.4, 0.5) is 5.13 Å². The Hall–Kier alpha value is -1.01. The number of thiocarbonyl (C=S) groups is 1. The molecule has 0 radical (unpaired) electrons. The lowest BCUT2D eigenvalue weighted by molar-refractivity contribution is -0.115. The number of carbonyl (C=O) groups is 1. The summed E-state index contributed by atoms with van der Waals surface area (Å²) in [6.45, 7) is 0.276. The third-order valence-corrected chi connectivity index (χ3v) is 2.54. The molecule has 1 aromatic heterocycles. The van der Waals surface area contributed by atoms with E-state index in [-0.39, 0.29) is 12.5 Å². The highest BCUT2D eigenvalue weighted by atomic mass is 32.1. The number of anilines is 1. The van der Waals surface area contributed by atoms with E-state index in [2.05, 4.69) is 10.3 Å². The van der Waals surface area contributed by atoms with Crippen LogP contribution >= 0.6 is 23.6 Å². The molecular weight excluding hydrogens is 194 g/mol. The van der Waals surface area contributed by atoms with Gasteiger partial charge in [-0.05, 0) is 12.2 Å². The van der Waals surface area contributed by atoms with Gasteiger partial charge in [0.1, 0.15) is 0 Å². The van der Waals surface area contributed by atoms with Gasteiger partial charge in [0.15, 0.2) is 10.2 Å². The number of nitrogens with one attached hydrogen (secondary N) is 1. The number of hydrogen-bond donors (Lipinski definition) is 1. The molecule has 0 aromatic carbocycles. The number of aromatic nitrogens is 1. The van der Waals surface area contributed by atoms with Crippen LogP contribution in [-0.2, 0) is 4.79 Å². The van der Waals surface area contributed by atoms with Crippen molar-refractivity contribution in [3.63, 3.8) is 0 Å². The molecule has 0 unspecified atom stereocenters. The Balaban J connectivity index is 2.34. The summed E-state index contributed by atoms with van der Waals surface area (Å²) in [5.41, 5.74) is 0. The summed E-state index contributed by atoms with van der Waals surface area (Å²) < 4.78 is 0. The van der Waals surface area contributed by atoms with E-state index in [0.717, 1.165) is 0 Å². The summed E-state index contributed by atoms with van der Waals surface area (Å²) in [7, 11) is 0. The second kappa shape index (κ2) is 2.80. The number of rotatable bonds is 1. The maximum Gasteiger partial charge on any atom is 0.254 e. The van der Waals surface area contributed by atoms with Crippen LogP contribution < -0.4 is 10.2 Å². The zero-order chi connectivity index (χ0) is 8.55. The Morgan fingerprint density at radius 2 is 2.58 bits per heavy atom. The van der Waals surface area contributed by atoms with Gasteiger partial charge in [0.2, 0.25) is 0 Å². The Morgan fingerprint density at radius 1 is 1.75 bits per heavy atom. The third-order valence-electron chi connectivity index (χ3n) is 1.45. The topological polar surface area (TPSA) is 45.2 Å². The number of nitrogens with zero attached hydrogens (tertiary/aromatic N) is 2. The monoisotopic (exact) mass is 199 g/mol. The summed E-state index contributed by atoms with van der Waals surface area (Å²) in [4.78, 5) is 16.6. The lowest BCUT2D eigenvalue weighted by Crippen LogP contribution is -2.30. The van der Waals surface area contributed by atoms with Crippen molar-refractivity contribution in [2.75, 3.05) is 11.4 Å². The lowest BCUT2D eigenvalue weighted by atomic mass is 10.6. The molecule has 1 aliphatic rings. The molecule has 1 saturated heterocycles. The van der Waals surface area contributed by atoms with Crippen molar-refractivity contribution in [2.45, 2.75) is 0 Å². The molecule has 1 amide bonds. The average molecular weight is 199 g/mol. The van der Waals surface area contributed by atoms with E-state index >= 15 is 0 Å². The fourth-order valence-electron chi connectivity index (χ4n) is 0.942. The van der Waals surface area contributed by atoms with E-state index in [9.17, 15) is 4.79 Å². The van der Waals surface area contributed by atoms with Crippen LogP contribution in [0.3, 0.4) is 0 Å². The number of hydrogen-bond acceptors (Lipinski definition) is 4. The third kappa shape index (κ3) is 1.09. The molecule has 12 heavy (non-hydrogen) atoms. The van der Waals surface area contributed by atoms with Gasteiger partial charge in [0.25, 0.3) is 5.91 Å². The molecule has 0 aliphatic carbocycles. The molecule has 1 aromatic rings. The van der Waals surface area contributed by atoms with Crippen molar-refractivity contribution in [1.82, 2.24) is 10.3 Å². The Labute approximate surface area is 78.2 Å². The molecule has 1 N–H and O–H groups in total. The van der Waals surface area contributed by atoms with Gasteiger partial charge >= 0.3 is 0 Å². The predicted octanol–water partition coefficient (Wildman–Crippen LogP) is 0.364. The first-order valence-electron chi connectivity index (χ1n) is 3.29. The van der Waals surface area contributed by atoms with E-state index in [4.69, 9.17) is 12.2 Å². The van der Waals surface area contributed by atoms with E-state index in [1.807, 2.05) is 5.38 Å². The number of thiazole rings is 1. The lowest BCUT2D eigenvalue weighted by Gasteiger charge is -2.08. The average Bonchev–Trinajstić information content (AvgIpc) is 2.61. The second-order valence-corrected chi connectivity index (χ2v) is 3.46. The van der Waals surface area contributed by atoms with Gasteiger partial charge in [-0.25, -0.2) is 9.88 Å². The summed E-state index contributed by atoms with van der Waals surface area (Å²) in [5.74, 6) is -0.0463. The highest BCUT2D eigenvalue weighted by molar-refractivity contribution is 7.80. The summed E-state index contributed by atoms with van der Waals surface area (Å²) in [6, 6.07) is 0. The van der Waals surface area contributed by atoms with Gasteiger partial charge in [-0.15, -0.1) is 11.3 Å². The van der Waals surface area contributed by atoms with Crippen molar-refractivity contribution in [3.8, 4) is 0 Å². The minimum Gasteiger partial charge on any atom is -0.353 e. The highest BCUT2D eigenvalue weighted by Crippen LogP contribution is 2.19. The summed E-state index contributed by atoms with van der Waals surface area (Å²) in [5, 5.41) is 5.67. The fourth-order valence-corrected chi connectivity index (χ4v) is 1.92. The second-order valence-electron chi connectivity index (χ2n) is 2.20. The zero-order valence-electron chi connectivity index (χ0n) is 5.98. The van der Waals surface area contributed by atoms with Crippen LogP contribution in [0.5, 0.6) is 0 Å². The first-order valence-corrected chi connectivity index (χ1v) is 4.58. The van der Waals surface area contributed by atoms with Crippen molar-refractivity contribution < 1.29 is 4.79 Å². The molecule has 1 aliphatic heterocycles. The van der Waals surface area contributed by atoms with Gasteiger partial charge in [-0.2, -0.15) is 0 Å². The van der Waals surface area contributed by atoms with Crippen molar-refractivity contribution >= 4 is 39.7 Å². The van der Waals surface area contributed by atoms with Crippen molar-refractivity contribution in [1.29, 1.82) is 0 Å². The normalized spacial score (nSPS) is 16.8. The number of amides is 1. The van der Waals surface area contributed by atoms with Gasteiger partial charge in [-0.1, -0.05) is 0 Å². The molecule has 0 atom stereocenters. The molecule has 2 rings (SSSR count). The van der Waals surface area contributed by atoms with Crippen LogP contribution in [-0.4, -0.2) is 22.5 Å².